The smallest absolute Gasteiger partial charge is 0.417 e. The van der Waals surface area contributed by atoms with Crippen molar-refractivity contribution in [3.63, 3.8) is 0 Å². The van der Waals surface area contributed by atoms with Gasteiger partial charge in [-0.05, 0) is 43.0 Å². The van der Waals surface area contributed by atoms with E-state index in [4.69, 9.17) is 5.11 Å². The van der Waals surface area contributed by atoms with Gasteiger partial charge in [0.25, 0.3) is 0 Å². The minimum Gasteiger partial charge on any atom is -0.478 e. The molecular weight excluding hydrogens is 303 g/mol. The van der Waals surface area contributed by atoms with E-state index in [0.717, 1.165) is 37.1 Å². The molecule has 0 radical (unpaired) electrons. The minimum absolute atomic E-state index is 0.289. The number of carboxylic acids is 1. The molecule has 21 heavy (non-hydrogen) atoms. The van der Waals surface area contributed by atoms with Crippen LogP contribution in [-0.4, -0.2) is 29.6 Å². The molecule has 0 saturated carbocycles. The summed E-state index contributed by atoms with van der Waals surface area (Å²) < 4.78 is 38.5. The van der Waals surface area contributed by atoms with Gasteiger partial charge in [-0.15, -0.1) is 0 Å². The Morgan fingerprint density at radius 2 is 2.00 bits per heavy atom. The molecule has 0 aromatic heterocycles. The Morgan fingerprint density at radius 1 is 1.29 bits per heavy atom. The fraction of sp³-hybridized carbons (Fsp3) is 0.500. The largest absolute Gasteiger partial charge is 0.478 e. The monoisotopic (exact) mass is 321 g/mol. The Balaban J connectivity index is 2.66. The zero-order valence-corrected chi connectivity index (χ0v) is 12.5. The second-order valence-corrected chi connectivity index (χ2v) is 5.53. The number of hydrogen-bond acceptors (Lipinski definition) is 3. The number of aromatic carboxylic acids is 1. The summed E-state index contributed by atoms with van der Waals surface area (Å²) >= 11 is 1.76. The molecule has 118 valence electrons. The Bertz CT molecular complexity index is 478. The number of carbonyl (C=O) groups is 1. The van der Waals surface area contributed by atoms with Crippen molar-refractivity contribution in [3.8, 4) is 0 Å². The van der Waals surface area contributed by atoms with Crippen molar-refractivity contribution in [1.29, 1.82) is 0 Å². The topological polar surface area (TPSA) is 49.3 Å². The van der Waals surface area contributed by atoms with Crippen molar-refractivity contribution < 1.29 is 23.1 Å². The first-order valence-electron chi connectivity index (χ1n) is 6.53. The van der Waals surface area contributed by atoms with Gasteiger partial charge in [0.05, 0.1) is 11.1 Å². The number of carboxylic acid groups (broad SMARTS) is 1. The zero-order valence-electron chi connectivity index (χ0n) is 11.7. The highest BCUT2D eigenvalue weighted by molar-refractivity contribution is 7.98. The number of alkyl halides is 3. The molecule has 1 rings (SSSR count). The van der Waals surface area contributed by atoms with Gasteiger partial charge in [-0.25, -0.2) is 4.79 Å². The van der Waals surface area contributed by atoms with Crippen molar-refractivity contribution in [2.75, 3.05) is 23.9 Å². The van der Waals surface area contributed by atoms with Crippen LogP contribution in [0.15, 0.2) is 18.2 Å². The minimum atomic E-state index is -4.68. The summed E-state index contributed by atoms with van der Waals surface area (Å²) in [6, 6.07) is 3.20. The van der Waals surface area contributed by atoms with E-state index in [1.807, 2.05) is 6.26 Å². The van der Waals surface area contributed by atoms with Crippen LogP contribution in [-0.2, 0) is 6.18 Å². The van der Waals surface area contributed by atoms with Crippen molar-refractivity contribution >= 4 is 23.4 Å². The molecule has 0 aliphatic heterocycles. The van der Waals surface area contributed by atoms with E-state index in [-0.39, 0.29) is 5.69 Å². The Hall–Kier alpha value is -1.37. The summed E-state index contributed by atoms with van der Waals surface area (Å²) in [6.07, 6.45) is 0.301. The van der Waals surface area contributed by atoms with Gasteiger partial charge in [-0.1, -0.05) is 6.42 Å². The highest BCUT2D eigenvalue weighted by Crippen LogP contribution is 2.33. The van der Waals surface area contributed by atoms with Gasteiger partial charge in [-0.2, -0.15) is 24.9 Å². The maximum absolute atomic E-state index is 12.8. The number of nitrogens with one attached hydrogen (secondary N) is 1. The Morgan fingerprint density at radius 3 is 2.57 bits per heavy atom. The van der Waals surface area contributed by atoms with E-state index in [1.54, 1.807) is 11.8 Å². The van der Waals surface area contributed by atoms with Crippen LogP contribution < -0.4 is 5.32 Å². The molecular formula is C14H18F3NO2S. The molecule has 0 amide bonds. The molecule has 1 aromatic rings. The lowest BCUT2D eigenvalue weighted by atomic mass is 10.1. The number of hydrogen-bond donors (Lipinski definition) is 2. The summed E-state index contributed by atoms with van der Waals surface area (Å²) in [5.74, 6) is -0.503. The molecule has 7 heteroatoms. The first-order valence-corrected chi connectivity index (χ1v) is 7.93. The summed E-state index contributed by atoms with van der Waals surface area (Å²) in [4.78, 5) is 10.8. The molecule has 0 aliphatic carbocycles. The van der Waals surface area contributed by atoms with Gasteiger partial charge >= 0.3 is 12.1 Å². The molecule has 0 bridgehead atoms. The molecule has 0 saturated heterocycles. The lowest BCUT2D eigenvalue weighted by molar-refractivity contribution is -0.138. The molecule has 0 unspecified atom stereocenters. The SMILES string of the molecule is CSCCCCCNc1ccc(C(=O)O)c(C(F)(F)F)c1. The first-order chi connectivity index (χ1) is 9.86. The summed E-state index contributed by atoms with van der Waals surface area (Å²) in [7, 11) is 0. The molecule has 0 aliphatic rings. The van der Waals surface area contributed by atoms with Gasteiger partial charge in [0.1, 0.15) is 0 Å². The van der Waals surface area contributed by atoms with Gasteiger partial charge in [-0.3, -0.25) is 0 Å². The van der Waals surface area contributed by atoms with Crippen LogP contribution in [0, 0.1) is 0 Å². The van der Waals surface area contributed by atoms with Gasteiger partial charge < -0.3 is 10.4 Å². The van der Waals surface area contributed by atoms with Gasteiger partial charge in [0.2, 0.25) is 0 Å². The van der Waals surface area contributed by atoms with Crippen molar-refractivity contribution in [1.82, 2.24) is 0 Å². The second kappa shape index (κ2) is 8.17. The van der Waals surface area contributed by atoms with Crippen LogP contribution >= 0.6 is 11.8 Å². The fourth-order valence-electron chi connectivity index (χ4n) is 1.86. The average Bonchev–Trinajstić information content (AvgIpc) is 2.41. The van der Waals surface area contributed by atoms with Crippen molar-refractivity contribution in [3.05, 3.63) is 29.3 Å². The van der Waals surface area contributed by atoms with Crippen LogP contribution in [0.25, 0.3) is 0 Å². The van der Waals surface area contributed by atoms with Crippen LogP contribution in [0.5, 0.6) is 0 Å². The highest BCUT2D eigenvalue weighted by Gasteiger charge is 2.35. The third kappa shape index (κ3) is 5.87. The number of halogens is 3. The number of rotatable bonds is 8. The molecule has 0 fully saturated rings. The fourth-order valence-corrected chi connectivity index (χ4v) is 2.35. The molecule has 2 N–H and O–H groups in total. The first kappa shape index (κ1) is 17.7. The molecule has 1 aromatic carbocycles. The van der Waals surface area contributed by atoms with Crippen LogP contribution in [0.2, 0.25) is 0 Å². The van der Waals surface area contributed by atoms with Crippen molar-refractivity contribution in [2.24, 2.45) is 0 Å². The standard InChI is InChI=1S/C14H18F3NO2S/c1-21-8-4-2-3-7-18-10-5-6-11(13(19)20)12(9-10)14(15,16)17/h5-6,9,18H,2-4,7-8H2,1H3,(H,19,20). The molecule has 0 heterocycles. The zero-order chi connectivity index (χ0) is 15.9. The van der Waals surface area contributed by atoms with Crippen LogP contribution in [0.1, 0.15) is 35.2 Å². The quantitative estimate of drug-likeness (QED) is 0.699. The lowest BCUT2D eigenvalue weighted by Gasteiger charge is -2.13. The van der Waals surface area contributed by atoms with E-state index in [0.29, 0.717) is 6.54 Å². The predicted octanol–water partition coefficient (Wildman–Crippen LogP) is 4.35. The second-order valence-electron chi connectivity index (χ2n) is 4.54. The van der Waals surface area contributed by atoms with E-state index < -0.39 is 23.3 Å². The third-order valence-corrected chi connectivity index (χ3v) is 3.61. The maximum Gasteiger partial charge on any atom is 0.417 e. The Labute approximate surface area is 125 Å². The van der Waals surface area contributed by atoms with Crippen LogP contribution in [0.3, 0.4) is 0 Å². The van der Waals surface area contributed by atoms with Gasteiger partial charge in [0, 0.05) is 12.2 Å². The third-order valence-electron chi connectivity index (χ3n) is 2.91. The molecule has 0 spiro atoms. The maximum atomic E-state index is 12.8. The molecule has 3 nitrogen and oxygen atoms in total. The number of anilines is 1. The summed E-state index contributed by atoms with van der Waals surface area (Å²) in [5, 5.41) is 11.7. The number of thioether (sulfide) groups is 1. The normalized spacial score (nSPS) is 11.4. The van der Waals surface area contributed by atoms with Crippen LogP contribution in [0.4, 0.5) is 18.9 Å². The van der Waals surface area contributed by atoms with Crippen molar-refractivity contribution in [2.45, 2.75) is 25.4 Å². The summed E-state index contributed by atoms with van der Waals surface area (Å²) in [5.41, 5.74) is -1.56. The van der Waals surface area contributed by atoms with E-state index in [1.165, 1.54) is 6.07 Å². The number of unbranched alkanes of at least 4 members (excludes halogenated alkanes) is 2. The lowest BCUT2D eigenvalue weighted by Crippen LogP contribution is -2.14. The summed E-state index contributed by atoms with van der Waals surface area (Å²) in [6.45, 7) is 0.568. The van der Waals surface area contributed by atoms with E-state index >= 15 is 0 Å². The number of benzene rings is 1. The Kier molecular flexibility index (Phi) is 6.87. The van der Waals surface area contributed by atoms with Gasteiger partial charge in [0.15, 0.2) is 0 Å². The average molecular weight is 321 g/mol. The molecule has 0 atom stereocenters. The predicted molar refractivity (Wildman–Crippen MR) is 79.1 cm³/mol. The van der Waals surface area contributed by atoms with E-state index in [9.17, 15) is 18.0 Å². The van der Waals surface area contributed by atoms with E-state index in [2.05, 4.69) is 5.32 Å². The highest BCUT2D eigenvalue weighted by atomic mass is 32.2.